The summed E-state index contributed by atoms with van der Waals surface area (Å²) in [4.78, 5) is 12.3. The van der Waals surface area contributed by atoms with E-state index in [0.29, 0.717) is 11.4 Å². The molecule has 1 N–H and O–H groups in total. The van der Waals surface area contributed by atoms with Gasteiger partial charge in [0.25, 0.3) is 5.91 Å². The SMILES string of the molecule is CC(C)n1nccc1NC(=O)c1ccc(OCC2CC2)cc1. The molecule has 0 unspecified atom stereocenters. The lowest BCUT2D eigenvalue weighted by atomic mass is 10.2. The fourth-order valence-electron chi connectivity index (χ4n) is 2.21. The van der Waals surface area contributed by atoms with Crippen molar-refractivity contribution in [3.63, 3.8) is 0 Å². The Hall–Kier alpha value is -2.30. The molecule has 0 atom stereocenters. The van der Waals surface area contributed by atoms with E-state index >= 15 is 0 Å². The number of carbonyl (C=O) groups is 1. The zero-order valence-corrected chi connectivity index (χ0v) is 13.0. The average molecular weight is 299 g/mol. The molecule has 0 spiro atoms. The van der Waals surface area contributed by atoms with Crippen LogP contribution in [0.4, 0.5) is 5.82 Å². The molecule has 1 heterocycles. The zero-order chi connectivity index (χ0) is 15.5. The van der Waals surface area contributed by atoms with Gasteiger partial charge in [0.05, 0.1) is 12.8 Å². The van der Waals surface area contributed by atoms with Crippen LogP contribution in [0, 0.1) is 5.92 Å². The van der Waals surface area contributed by atoms with Crippen LogP contribution in [-0.4, -0.2) is 22.3 Å². The molecule has 1 saturated carbocycles. The quantitative estimate of drug-likeness (QED) is 0.888. The van der Waals surface area contributed by atoms with Gasteiger partial charge < -0.3 is 10.1 Å². The first-order valence-corrected chi connectivity index (χ1v) is 7.71. The summed E-state index contributed by atoms with van der Waals surface area (Å²) in [6, 6.07) is 9.25. The van der Waals surface area contributed by atoms with Crippen molar-refractivity contribution in [3.8, 4) is 5.75 Å². The molecule has 5 heteroatoms. The molecule has 1 amide bonds. The van der Waals surface area contributed by atoms with Crippen molar-refractivity contribution in [2.75, 3.05) is 11.9 Å². The first-order valence-electron chi connectivity index (χ1n) is 7.71. The second kappa shape index (κ2) is 6.22. The molecule has 1 aromatic carbocycles. The molecular formula is C17H21N3O2. The van der Waals surface area contributed by atoms with Crippen molar-refractivity contribution >= 4 is 11.7 Å². The fourth-order valence-corrected chi connectivity index (χ4v) is 2.21. The van der Waals surface area contributed by atoms with Gasteiger partial charge in [0.15, 0.2) is 0 Å². The van der Waals surface area contributed by atoms with Crippen LogP contribution in [0.1, 0.15) is 43.1 Å². The number of ether oxygens (including phenoxy) is 1. The summed E-state index contributed by atoms with van der Waals surface area (Å²) in [5.74, 6) is 2.10. The molecule has 3 rings (SSSR count). The number of amides is 1. The lowest BCUT2D eigenvalue weighted by Gasteiger charge is -2.12. The smallest absolute Gasteiger partial charge is 0.256 e. The van der Waals surface area contributed by atoms with E-state index in [1.807, 2.05) is 26.0 Å². The molecule has 5 nitrogen and oxygen atoms in total. The Labute approximate surface area is 130 Å². The summed E-state index contributed by atoms with van der Waals surface area (Å²) in [5, 5.41) is 7.09. The number of aromatic nitrogens is 2. The van der Waals surface area contributed by atoms with Crippen molar-refractivity contribution in [3.05, 3.63) is 42.1 Å². The molecule has 2 aromatic rings. The second-order valence-corrected chi connectivity index (χ2v) is 5.99. The van der Waals surface area contributed by atoms with Crippen LogP contribution >= 0.6 is 0 Å². The summed E-state index contributed by atoms with van der Waals surface area (Å²) in [5.41, 5.74) is 0.607. The number of benzene rings is 1. The lowest BCUT2D eigenvalue weighted by molar-refractivity contribution is 0.102. The first kappa shape index (κ1) is 14.6. The molecule has 0 radical (unpaired) electrons. The minimum absolute atomic E-state index is 0.142. The first-order chi connectivity index (χ1) is 10.6. The Balaban J connectivity index is 1.62. The van der Waals surface area contributed by atoms with Crippen LogP contribution in [0.25, 0.3) is 0 Å². The lowest BCUT2D eigenvalue weighted by Crippen LogP contribution is -2.16. The standard InChI is InChI=1S/C17H21N3O2/c1-12(2)20-16(9-10-18-20)19-17(21)14-5-7-15(8-6-14)22-11-13-3-4-13/h5-10,12-13H,3-4,11H2,1-2H3,(H,19,21). The van der Waals surface area contributed by atoms with Crippen molar-refractivity contribution in [2.24, 2.45) is 5.92 Å². The number of anilines is 1. The van der Waals surface area contributed by atoms with Gasteiger partial charge in [0.1, 0.15) is 11.6 Å². The van der Waals surface area contributed by atoms with Crippen LogP contribution in [0.2, 0.25) is 0 Å². The third-order valence-corrected chi connectivity index (χ3v) is 3.70. The van der Waals surface area contributed by atoms with Crippen molar-refractivity contribution < 1.29 is 9.53 Å². The Morgan fingerprint density at radius 1 is 1.32 bits per heavy atom. The number of nitrogens with one attached hydrogen (secondary N) is 1. The Morgan fingerprint density at radius 2 is 2.05 bits per heavy atom. The average Bonchev–Trinajstić information content (AvgIpc) is 3.23. The number of rotatable bonds is 6. The van der Waals surface area contributed by atoms with Crippen molar-refractivity contribution in [1.82, 2.24) is 9.78 Å². The van der Waals surface area contributed by atoms with E-state index in [4.69, 9.17) is 4.74 Å². The van der Waals surface area contributed by atoms with Gasteiger partial charge in [-0.25, -0.2) is 4.68 Å². The molecule has 1 aromatic heterocycles. The summed E-state index contributed by atoms with van der Waals surface area (Å²) in [6.45, 7) is 4.82. The molecule has 22 heavy (non-hydrogen) atoms. The molecule has 1 fully saturated rings. The fraction of sp³-hybridized carbons (Fsp3) is 0.412. The van der Waals surface area contributed by atoms with E-state index in [1.165, 1.54) is 12.8 Å². The monoisotopic (exact) mass is 299 g/mol. The summed E-state index contributed by atoms with van der Waals surface area (Å²) in [6.07, 6.45) is 4.22. The highest BCUT2D eigenvalue weighted by molar-refractivity contribution is 6.03. The Bertz CT molecular complexity index is 642. The Kier molecular flexibility index (Phi) is 4.13. The van der Waals surface area contributed by atoms with Gasteiger partial charge in [0, 0.05) is 17.7 Å². The Morgan fingerprint density at radius 3 is 2.68 bits per heavy atom. The minimum atomic E-state index is -0.142. The number of carbonyl (C=O) groups excluding carboxylic acids is 1. The summed E-state index contributed by atoms with van der Waals surface area (Å²) < 4.78 is 7.46. The molecule has 0 aliphatic heterocycles. The van der Waals surface area contributed by atoms with Crippen molar-refractivity contribution in [1.29, 1.82) is 0 Å². The van der Waals surface area contributed by atoms with Crippen LogP contribution in [-0.2, 0) is 0 Å². The van der Waals surface area contributed by atoms with Gasteiger partial charge in [-0.3, -0.25) is 4.79 Å². The maximum Gasteiger partial charge on any atom is 0.256 e. The second-order valence-electron chi connectivity index (χ2n) is 5.99. The summed E-state index contributed by atoms with van der Waals surface area (Å²) >= 11 is 0. The van der Waals surface area contributed by atoms with Gasteiger partial charge in [-0.15, -0.1) is 0 Å². The van der Waals surface area contributed by atoms with Crippen LogP contribution in [0.5, 0.6) is 5.75 Å². The van der Waals surface area contributed by atoms with Gasteiger partial charge >= 0.3 is 0 Å². The predicted octanol–water partition coefficient (Wildman–Crippen LogP) is 3.51. The predicted molar refractivity (Wildman–Crippen MR) is 85.2 cm³/mol. The maximum absolute atomic E-state index is 12.3. The van der Waals surface area contributed by atoms with E-state index in [9.17, 15) is 4.79 Å². The molecule has 1 aliphatic carbocycles. The van der Waals surface area contributed by atoms with Gasteiger partial charge in [0.2, 0.25) is 0 Å². The maximum atomic E-state index is 12.3. The molecule has 1 aliphatic rings. The van der Waals surface area contributed by atoms with Crippen LogP contribution in [0.15, 0.2) is 36.5 Å². The summed E-state index contributed by atoms with van der Waals surface area (Å²) in [7, 11) is 0. The van der Waals surface area contributed by atoms with E-state index in [1.54, 1.807) is 29.1 Å². The van der Waals surface area contributed by atoms with Crippen molar-refractivity contribution in [2.45, 2.75) is 32.7 Å². The molecule has 116 valence electrons. The van der Waals surface area contributed by atoms with E-state index in [-0.39, 0.29) is 11.9 Å². The highest BCUT2D eigenvalue weighted by Gasteiger charge is 2.21. The zero-order valence-electron chi connectivity index (χ0n) is 13.0. The van der Waals surface area contributed by atoms with E-state index < -0.39 is 0 Å². The molecule has 0 saturated heterocycles. The normalized spacial score (nSPS) is 14.1. The highest BCUT2D eigenvalue weighted by Crippen LogP contribution is 2.29. The molecular weight excluding hydrogens is 278 g/mol. The third-order valence-electron chi connectivity index (χ3n) is 3.70. The van der Waals surface area contributed by atoms with Gasteiger partial charge in [-0.2, -0.15) is 5.10 Å². The largest absolute Gasteiger partial charge is 0.493 e. The number of nitrogens with zero attached hydrogens (tertiary/aromatic N) is 2. The minimum Gasteiger partial charge on any atom is -0.493 e. The topological polar surface area (TPSA) is 56.2 Å². The number of hydrogen-bond donors (Lipinski definition) is 1. The van der Waals surface area contributed by atoms with E-state index in [2.05, 4.69) is 10.4 Å². The third kappa shape index (κ3) is 3.47. The highest BCUT2D eigenvalue weighted by atomic mass is 16.5. The number of hydrogen-bond acceptors (Lipinski definition) is 3. The van der Waals surface area contributed by atoms with Crippen LogP contribution < -0.4 is 10.1 Å². The van der Waals surface area contributed by atoms with Gasteiger partial charge in [-0.05, 0) is 56.9 Å². The van der Waals surface area contributed by atoms with Gasteiger partial charge in [-0.1, -0.05) is 0 Å². The molecule has 0 bridgehead atoms. The van der Waals surface area contributed by atoms with E-state index in [0.717, 1.165) is 18.3 Å². The van der Waals surface area contributed by atoms with Crippen LogP contribution in [0.3, 0.4) is 0 Å².